The quantitative estimate of drug-likeness (QED) is 0.519. The van der Waals surface area contributed by atoms with Crippen LogP contribution in [-0.4, -0.2) is 22.5 Å². The standard InChI is InChI=1S/C12H12FN3O2S2/c1-3-18-11(17)10-7(2)14-12(19-10)20-16-9-6-4-5-8(13)15-9/h4-6H,3H2,1-2H3,(H,15,16). The van der Waals surface area contributed by atoms with Crippen molar-refractivity contribution in [3.8, 4) is 0 Å². The largest absolute Gasteiger partial charge is 0.462 e. The molecule has 0 saturated heterocycles. The Morgan fingerprint density at radius 1 is 1.50 bits per heavy atom. The molecule has 0 aliphatic carbocycles. The van der Waals surface area contributed by atoms with Crippen molar-refractivity contribution in [1.82, 2.24) is 9.97 Å². The van der Waals surface area contributed by atoms with Crippen LogP contribution < -0.4 is 4.72 Å². The maximum absolute atomic E-state index is 12.9. The molecule has 2 aromatic heterocycles. The number of aromatic nitrogens is 2. The van der Waals surface area contributed by atoms with Crippen molar-refractivity contribution in [2.75, 3.05) is 11.3 Å². The lowest BCUT2D eigenvalue weighted by molar-refractivity contribution is 0.0531. The van der Waals surface area contributed by atoms with E-state index in [2.05, 4.69) is 14.7 Å². The van der Waals surface area contributed by atoms with Crippen LogP contribution in [0.5, 0.6) is 0 Å². The molecule has 2 rings (SSSR count). The van der Waals surface area contributed by atoms with Gasteiger partial charge in [-0.2, -0.15) is 4.39 Å². The number of nitrogens with zero attached hydrogens (tertiary/aromatic N) is 2. The summed E-state index contributed by atoms with van der Waals surface area (Å²) in [5.74, 6) is -0.545. The Morgan fingerprint density at radius 3 is 3.00 bits per heavy atom. The molecule has 0 aromatic carbocycles. The fourth-order valence-corrected chi connectivity index (χ4v) is 3.09. The summed E-state index contributed by atoms with van der Waals surface area (Å²) >= 11 is 2.40. The third-order valence-corrected chi connectivity index (χ3v) is 4.21. The summed E-state index contributed by atoms with van der Waals surface area (Å²) in [6.07, 6.45) is 0. The molecule has 20 heavy (non-hydrogen) atoms. The van der Waals surface area contributed by atoms with E-state index in [0.717, 1.165) is 0 Å². The summed E-state index contributed by atoms with van der Waals surface area (Å²) in [5, 5.41) is 0. The molecule has 0 radical (unpaired) electrons. The van der Waals surface area contributed by atoms with Crippen LogP contribution in [0.4, 0.5) is 10.2 Å². The number of thiazole rings is 1. The molecule has 0 saturated carbocycles. The number of nitrogens with one attached hydrogen (secondary N) is 1. The summed E-state index contributed by atoms with van der Waals surface area (Å²) < 4.78 is 21.4. The van der Waals surface area contributed by atoms with Gasteiger partial charge in [0.2, 0.25) is 5.95 Å². The van der Waals surface area contributed by atoms with Gasteiger partial charge in [0, 0.05) is 11.9 Å². The number of esters is 1. The second-order valence-corrected chi connectivity index (χ2v) is 5.72. The third-order valence-electron chi connectivity index (χ3n) is 2.20. The second-order valence-electron chi connectivity index (χ2n) is 3.66. The first-order valence-corrected chi connectivity index (χ1v) is 7.43. The fraction of sp³-hybridized carbons (Fsp3) is 0.250. The molecular weight excluding hydrogens is 301 g/mol. The number of carbonyl (C=O) groups excluding carboxylic acids is 1. The molecule has 0 amide bonds. The van der Waals surface area contributed by atoms with Crippen molar-refractivity contribution in [3.63, 3.8) is 0 Å². The van der Waals surface area contributed by atoms with Gasteiger partial charge in [-0.05, 0) is 26.0 Å². The molecule has 5 nitrogen and oxygen atoms in total. The number of ether oxygens (including phenoxy) is 1. The number of pyridine rings is 1. The van der Waals surface area contributed by atoms with Gasteiger partial charge in [0.15, 0.2) is 4.34 Å². The summed E-state index contributed by atoms with van der Waals surface area (Å²) in [6.45, 7) is 3.82. The Morgan fingerprint density at radius 2 is 2.30 bits per heavy atom. The van der Waals surface area contributed by atoms with Gasteiger partial charge in [-0.15, -0.1) is 0 Å². The number of carbonyl (C=O) groups is 1. The zero-order chi connectivity index (χ0) is 14.5. The maximum Gasteiger partial charge on any atom is 0.350 e. The first-order chi connectivity index (χ1) is 9.60. The Labute approximate surface area is 123 Å². The topological polar surface area (TPSA) is 64.1 Å². The van der Waals surface area contributed by atoms with E-state index in [-0.39, 0.29) is 5.97 Å². The Balaban J connectivity index is 2.04. The van der Waals surface area contributed by atoms with E-state index in [9.17, 15) is 9.18 Å². The van der Waals surface area contributed by atoms with Crippen LogP contribution in [-0.2, 0) is 4.74 Å². The van der Waals surface area contributed by atoms with E-state index in [1.807, 2.05) is 0 Å². The SMILES string of the molecule is CCOC(=O)c1sc(SNc2cccc(F)n2)nc1C. The first-order valence-electron chi connectivity index (χ1n) is 5.80. The van der Waals surface area contributed by atoms with Gasteiger partial charge < -0.3 is 9.46 Å². The second kappa shape index (κ2) is 6.67. The lowest BCUT2D eigenvalue weighted by Crippen LogP contribution is -2.03. The zero-order valence-electron chi connectivity index (χ0n) is 10.8. The fourth-order valence-electron chi connectivity index (χ4n) is 1.36. The van der Waals surface area contributed by atoms with Crippen LogP contribution in [0.1, 0.15) is 22.3 Å². The highest BCUT2D eigenvalue weighted by molar-refractivity contribution is 8.02. The normalized spacial score (nSPS) is 10.3. The first kappa shape index (κ1) is 14.7. The Hall–Kier alpha value is -1.67. The highest BCUT2D eigenvalue weighted by Gasteiger charge is 2.16. The lowest BCUT2D eigenvalue weighted by Gasteiger charge is -2.00. The summed E-state index contributed by atoms with van der Waals surface area (Å²) in [5.41, 5.74) is 0.616. The van der Waals surface area contributed by atoms with Gasteiger partial charge >= 0.3 is 5.97 Å². The average Bonchev–Trinajstić information content (AvgIpc) is 2.78. The van der Waals surface area contributed by atoms with Gasteiger partial charge in [-0.25, -0.2) is 14.8 Å². The molecule has 0 unspecified atom stereocenters. The van der Waals surface area contributed by atoms with Crippen LogP contribution in [0, 0.1) is 12.9 Å². The molecule has 0 spiro atoms. The molecule has 2 aromatic rings. The highest BCUT2D eigenvalue weighted by Crippen LogP contribution is 2.28. The number of hydrogen-bond acceptors (Lipinski definition) is 7. The van der Waals surface area contributed by atoms with Crippen LogP contribution in [0.3, 0.4) is 0 Å². The van der Waals surface area contributed by atoms with Crippen molar-refractivity contribution in [1.29, 1.82) is 0 Å². The zero-order valence-corrected chi connectivity index (χ0v) is 12.5. The van der Waals surface area contributed by atoms with Crippen molar-refractivity contribution < 1.29 is 13.9 Å². The minimum Gasteiger partial charge on any atom is -0.462 e. The van der Waals surface area contributed by atoms with Crippen LogP contribution >= 0.6 is 23.3 Å². The van der Waals surface area contributed by atoms with Crippen LogP contribution in [0.25, 0.3) is 0 Å². The highest BCUT2D eigenvalue weighted by atomic mass is 32.2. The van der Waals surface area contributed by atoms with E-state index in [4.69, 9.17) is 4.74 Å². The number of hydrogen-bond donors (Lipinski definition) is 1. The van der Waals surface area contributed by atoms with Gasteiger partial charge in [0.1, 0.15) is 10.7 Å². The number of rotatable bonds is 5. The summed E-state index contributed by atoms with van der Waals surface area (Å²) in [6, 6.07) is 4.47. The lowest BCUT2D eigenvalue weighted by atomic mass is 10.4. The van der Waals surface area contributed by atoms with E-state index in [0.29, 0.717) is 27.3 Å². The minimum absolute atomic E-state index is 0.324. The molecule has 0 atom stereocenters. The van der Waals surface area contributed by atoms with E-state index in [1.54, 1.807) is 26.0 Å². The molecule has 1 N–H and O–H groups in total. The Bertz CT molecular complexity index is 618. The molecule has 0 fully saturated rings. The molecule has 0 aliphatic heterocycles. The summed E-state index contributed by atoms with van der Waals surface area (Å²) in [7, 11) is 0. The third kappa shape index (κ3) is 3.67. The monoisotopic (exact) mass is 313 g/mol. The maximum atomic E-state index is 12.9. The predicted octanol–water partition coefficient (Wildman–Crippen LogP) is 3.28. The van der Waals surface area contributed by atoms with Crippen molar-refractivity contribution in [3.05, 3.63) is 34.7 Å². The predicted molar refractivity (Wildman–Crippen MR) is 76.5 cm³/mol. The van der Waals surface area contributed by atoms with Crippen LogP contribution in [0.2, 0.25) is 0 Å². The van der Waals surface area contributed by atoms with Gasteiger partial charge in [-0.3, -0.25) is 0 Å². The van der Waals surface area contributed by atoms with Crippen molar-refractivity contribution in [2.24, 2.45) is 0 Å². The van der Waals surface area contributed by atoms with E-state index >= 15 is 0 Å². The van der Waals surface area contributed by atoms with Crippen LogP contribution in [0.15, 0.2) is 22.5 Å². The van der Waals surface area contributed by atoms with E-state index in [1.165, 1.54) is 29.4 Å². The smallest absolute Gasteiger partial charge is 0.350 e. The summed E-state index contributed by atoms with van der Waals surface area (Å²) in [4.78, 5) is 20.0. The molecular formula is C12H12FN3O2S2. The molecule has 106 valence electrons. The van der Waals surface area contributed by atoms with Gasteiger partial charge in [0.05, 0.1) is 12.3 Å². The number of halogens is 1. The van der Waals surface area contributed by atoms with Crippen molar-refractivity contribution >= 4 is 35.1 Å². The van der Waals surface area contributed by atoms with Gasteiger partial charge in [-0.1, -0.05) is 17.4 Å². The molecule has 0 bridgehead atoms. The van der Waals surface area contributed by atoms with Crippen molar-refractivity contribution in [2.45, 2.75) is 18.2 Å². The molecule has 0 aliphatic rings. The molecule has 8 heteroatoms. The number of aryl methyl sites for hydroxylation is 1. The minimum atomic E-state index is -0.557. The molecule has 2 heterocycles. The average molecular weight is 313 g/mol. The Kier molecular flexibility index (Phi) is 4.91. The van der Waals surface area contributed by atoms with E-state index < -0.39 is 5.95 Å². The number of anilines is 1. The van der Waals surface area contributed by atoms with Gasteiger partial charge in [0.25, 0.3) is 0 Å².